The zero-order chi connectivity index (χ0) is 21.3. The molecule has 156 valence electrons. The standard InChI is InChI=1S/C21H23F3N2O3/c1-13-15(10-11-29-13)12-25(2)20(28)17-8-9-18(27)26(3)19(17)14-4-6-16(7-5-14)21(22,23)24/h4-7,10-11,17,19H,8-9,12H2,1-3H3. The fourth-order valence-electron chi connectivity index (χ4n) is 3.81. The molecular formula is C21H23F3N2O3. The van der Waals surface area contributed by atoms with Gasteiger partial charge in [-0.15, -0.1) is 0 Å². The van der Waals surface area contributed by atoms with Gasteiger partial charge in [0.15, 0.2) is 0 Å². The number of amides is 2. The fraction of sp³-hybridized carbons (Fsp3) is 0.429. The Bertz CT molecular complexity index is 889. The lowest BCUT2D eigenvalue weighted by Crippen LogP contribution is -2.46. The van der Waals surface area contributed by atoms with Crippen LogP contribution in [0.25, 0.3) is 0 Å². The van der Waals surface area contributed by atoms with Crippen LogP contribution in [0.3, 0.4) is 0 Å². The number of likely N-dealkylation sites (tertiary alicyclic amines) is 1. The molecule has 2 unspecified atom stereocenters. The number of benzene rings is 1. The number of nitrogens with zero attached hydrogens (tertiary/aromatic N) is 2. The number of hydrogen-bond donors (Lipinski definition) is 0. The van der Waals surface area contributed by atoms with Crippen molar-refractivity contribution in [3.05, 3.63) is 59.0 Å². The van der Waals surface area contributed by atoms with Crippen LogP contribution in [-0.2, 0) is 22.3 Å². The molecule has 0 N–H and O–H groups in total. The van der Waals surface area contributed by atoms with E-state index in [1.165, 1.54) is 17.0 Å². The number of aryl methyl sites for hydroxylation is 1. The molecule has 3 rings (SSSR count). The van der Waals surface area contributed by atoms with Gasteiger partial charge >= 0.3 is 6.18 Å². The molecule has 1 aromatic carbocycles. The number of hydrogen-bond acceptors (Lipinski definition) is 3. The molecule has 0 radical (unpaired) electrons. The maximum Gasteiger partial charge on any atom is 0.416 e. The molecule has 1 fully saturated rings. The van der Waals surface area contributed by atoms with Gasteiger partial charge in [-0.3, -0.25) is 9.59 Å². The molecule has 2 aromatic rings. The van der Waals surface area contributed by atoms with Gasteiger partial charge in [-0.1, -0.05) is 12.1 Å². The third-order valence-corrected chi connectivity index (χ3v) is 5.51. The van der Waals surface area contributed by atoms with Crippen LogP contribution in [0.1, 0.15) is 41.3 Å². The lowest BCUT2D eigenvalue weighted by molar-refractivity contribution is -0.146. The Balaban J connectivity index is 1.86. The van der Waals surface area contributed by atoms with Crippen LogP contribution in [0.15, 0.2) is 41.0 Å². The minimum atomic E-state index is -4.44. The molecule has 2 atom stereocenters. The van der Waals surface area contributed by atoms with Gasteiger partial charge in [-0.2, -0.15) is 13.2 Å². The molecule has 0 spiro atoms. The lowest BCUT2D eigenvalue weighted by atomic mass is 9.83. The van der Waals surface area contributed by atoms with Crippen LogP contribution >= 0.6 is 0 Å². The number of furan rings is 1. The fourth-order valence-corrected chi connectivity index (χ4v) is 3.81. The Kier molecular flexibility index (Phi) is 5.73. The molecule has 0 saturated carbocycles. The van der Waals surface area contributed by atoms with Gasteiger partial charge in [-0.25, -0.2) is 0 Å². The van der Waals surface area contributed by atoms with E-state index in [2.05, 4.69) is 0 Å². The first-order valence-corrected chi connectivity index (χ1v) is 9.30. The summed E-state index contributed by atoms with van der Waals surface area (Å²) >= 11 is 0. The minimum absolute atomic E-state index is 0.132. The molecule has 2 heterocycles. The average Bonchev–Trinajstić information content (AvgIpc) is 3.07. The zero-order valence-electron chi connectivity index (χ0n) is 16.5. The van der Waals surface area contributed by atoms with Crippen molar-refractivity contribution >= 4 is 11.8 Å². The summed E-state index contributed by atoms with van der Waals surface area (Å²) in [5.74, 6) is -0.103. The van der Waals surface area contributed by atoms with Crippen LogP contribution in [0.2, 0.25) is 0 Å². The first kappa shape index (κ1) is 21.0. The van der Waals surface area contributed by atoms with Gasteiger partial charge < -0.3 is 14.2 Å². The van der Waals surface area contributed by atoms with Crippen LogP contribution in [0, 0.1) is 12.8 Å². The Morgan fingerprint density at radius 2 is 1.90 bits per heavy atom. The van der Waals surface area contributed by atoms with E-state index in [9.17, 15) is 22.8 Å². The summed E-state index contributed by atoms with van der Waals surface area (Å²) in [5.41, 5.74) is 0.633. The largest absolute Gasteiger partial charge is 0.469 e. The lowest BCUT2D eigenvalue weighted by Gasteiger charge is -2.40. The monoisotopic (exact) mass is 408 g/mol. The Labute approximate surface area is 167 Å². The molecule has 2 amide bonds. The second kappa shape index (κ2) is 7.93. The molecule has 5 nitrogen and oxygen atoms in total. The van der Waals surface area contributed by atoms with Gasteiger partial charge in [0, 0.05) is 32.6 Å². The van der Waals surface area contributed by atoms with E-state index in [-0.39, 0.29) is 18.2 Å². The van der Waals surface area contributed by atoms with E-state index in [0.29, 0.717) is 18.5 Å². The highest BCUT2D eigenvalue weighted by molar-refractivity contribution is 5.84. The second-order valence-electron chi connectivity index (χ2n) is 7.41. The zero-order valence-corrected chi connectivity index (χ0v) is 16.5. The Hall–Kier alpha value is -2.77. The van der Waals surface area contributed by atoms with Crippen molar-refractivity contribution < 1.29 is 27.2 Å². The van der Waals surface area contributed by atoms with E-state index in [4.69, 9.17) is 4.42 Å². The number of piperidine rings is 1. The molecule has 1 saturated heterocycles. The summed E-state index contributed by atoms with van der Waals surface area (Å²) in [4.78, 5) is 28.5. The smallest absolute Gasteiger partial charge is 0.416 e. The van der Waals surface area contributed by atoms with Gasteiger partial charge in [0.2, 0.25) is 11.8 Å². The number of halogens is 3. The predicted octanol–water partition coefficient (Wildman–Crippen LogP) is 4.17. The number of carbonyl (C=O) groups is 2. The van der Waals surface area contributed by atoms with Gasteiger partial charge in [0.1, 0.15) is 5.76 Å². The van der Waals surface area contributed by atoms with E-state index < -0.39 is 23.7 Å². The van der Waals surface area contributed by atoms with Gasteiger partial charge in [-0.05, 0) is 37.1 Å². The van der Waals surface area contributed by atoms with Crippen LogP contribution in [-0.4, -0.2) is 35.7 Å². The first-order valence-electron chi connectivity index (χ1n) is 9.30. The summed E-state index contributed by atoms with van der Waals surface area (Å²) in [6.07, 6.45) is -2.31. The summed E-state index contributed by atoms with van der Waals surface area (Å²) in [6, 6.07) is 5.86. The van der Waals surface area contributed by atoms with Gasteiger partial charge in [0.25, 0.3) is 0 Å². The molecule has 1 aliphatic rings. The molecule has 0 bridgehead atoms. The quantitative estimate of drug-likeness (QED) is 0.763. The van der Waals surface area contributed by atoms with Crippen LogP contribution < -0.4 is 0 Å². The molecule has 1 aliphatic heterocycles. The van der Waals surface area contributed by atoms with Crippen LogP contribution in [0.4, 0.5) is 13.2 Å². The third kappa shape index (κ3) is 4.31. The SMILES string of the molecule is Cc1occc1CN(C)C(=O)C1CCC(=O)N(C)C1c1ccc(C(F)(F)F)cc1. The highest BCUT2D eigenvalue weighted by atomic mass is 19.4. The number of carbonyl (C=O) groups excluding carboxylic acids is 2. The maximum absolute atomic E-state index is 13.2. The molecule has 0 aliphatic carbocycles. The van der Waals surface area contributed by atoms with Crippen molar-refractivity contribution in [3.8, 4) is 0 Å². The predicted molar refractivity (Wildman–Crippen MR) is 99.6 cm³/mol. The van der Waals surface area contributed by atoms with E-state index in [1.807, 2.05) is 6.92 Å². The van der Waals surface area contributed by atoms with Crippen molar-refractivity contribution in [2.45, 2.75) is 38.5 Å². The number of alkyl halides is 3. The summed E-state index contributed by atoms with van der Waals surface area (Å²) in [5, 5.41) is 0. The molecule has 8 heteroatoms. The van der Waals surface area contributed by atoms with Gasteiger partial charge in [0.05, 0.1) is 23.8 Å². The van der Waals surface area contributed by atoms with E-state index >= 15 is 0 Å². The maximum atomic E-state index is 13.2. The minimum Gasteiger partial charge on any atom is -0.469 e. The molecule has 1 aromatic heterocycles. The van der Waals surface area contributed by atoms with Crippen molar-refractivity contribution in [1.82, 2.24) is 9.80 Å². The van der Waals surface area contributed by atoms with Crippen molar-refractivity contribution in [2.24, 2.45) is 5.92 Å². The summed E-state index contributed by atoms with van der Waals surface area (Å²) in [7, 11) is 3.26. The summed E-state index contributed by atoms with van der Waals surface area (Å²) in [6.45, 7) is 2.17. The first-order chi connectivity index (χ1) is 13.6. The Morgan fingerprint density at radius 1 is 1.24 bits per heavy atom. The highest BCUT2D eigenvalue weighted by Gasteiger charge is 2.40. The van der Waals surface area contributed by atoms with Crippen molar-refractivity contribution in [1.29, 1.82) is 0 Å². The number of rotatable bonds is 4. The van der Waals surface area contributed by atoms with Crippen LogP contribution in [0.5, 0.6) is 0 Å². The van der Waals surface area contributed by atoms with E-state index in [0.717, 1.165) is 23.5 Å². The molecule has 29 heavy (non-hydrogen) atoms. The van der Waals surface area contributed by atoms with Crippen molar-refractivity contribution in [3.63, 3.8) is 0 Å². The third-order valence-electron chi connectivity index (χ3n) is 5.51. The van der Waals surface area contributed by atoms with Crippen molar-refractivity contribution in [2.75, 3.05) is 14.1 Å². The highest BCUT2D eigenvalue weighted by Crippen LogP contribution is 2.38. The summed E-state index contributed by atoms with van der Waals surface area (Å²) < 4.78 is 43.9. The van der Waals surface area contributed by atoms with E-state index in [1.54, 1.807) is 31.3 Å². The average molecular weight is 408 g/mol. The topological polar surface area (TPSA) is 53.8 Å². The second-order valence-corrected chi connectivity index (χ2v) is 7.41. The molecular weight excluding hydrogens is 385 g/mol. The Morgan fingerprint density at radius 3 is 2.45 bits per heavy atom. The normalized spacial score (nSPS) is 20.1.